The van der Waals surface area contributed by atoms with E-state index in [1.54, 1.807) is 7.11 Å². The predicted molar refractivity (Wildman–Crippen MR) is 81.4 cm³/mol. The summed E-state index contributed by atoms with van der Waals surface area (Å²) in [5.41, 5.74) is 5.93. The SMILES string of the molecule is COC(C)(C)CC(CN)N(Cc1cccs1)C1CC1. The van der Waals surface area contributed by atoms with Gasteiger partial charge in [0.25, 0.3) is 0 Å². The van der Waals surface area contributed by atoms with Gasteiger partial charge in [0.15, 0.2) is 0 Å². The highest BCUT2D eigenvalue weighted by Gasteiger charge is 2.36. The molecule has 108 valence electrons. The minimum atomic E-state index is -0.105. The average molecular weight is 282 g/mol. The van der Waals surface area contributed by atoms with Crippen molar-refractivity contribution in [3.05, 3.63) is 22.4 Å². The first-order valence-electron chi connectivity index (χ1n) is 7.09. The highest BCUT2D eigenvalue weighted by molar-refractivity contribution is 7.09. The molecule has 0 amide bonds. The van der Waals surface area contributed by atoms with Crippen LogP contribution in [-0.2, 0) is 11.3 Å². The Morgan fingerprint density at radius 1 is 1.53 bits per heavy atom. The fourth-order valence-electron chi connectivity index (χ4n) is 2.53. The van der Waals surface area contributed by atoms with E-state index in [0.717, 1.165) is 19.0 Å². The Bertz CT molecular complexity index is 374. The lowest BCUT2D eigenvalue weighted by molar-refractivity contribution is -0.0101. The third kappa shape index (κ3) is 4.28. The fourth-order valence-corrected chi connectivity index (χ4v) is 3.24. The second kappa shape index (κ2) is 6.35. The van der Waals surface area contributed by atoms with Crippen molar-refractivity contribution in [1.29, 1.82) is 0 Å². The average Bonchev–Trinajstić information content (AvgIpc) is 3.11. The van der Waals surface area contributed by atoms with Gasteiger partial charge < -0.3 is 10.5 Å². The van der Waals surface area contributed by atoms with E-state index < -0.39 is 0 Å². The van der Waals surface area contributed by atoms with Crippen molar-refractivity contribution in [3.63, 3.8) is 0 Å². The van der Waals surface area contributed by atoms with E-state index in [-0.39, 0.29) is 5.60 Å². The van der Waals surface area contributed by atoms with Crippen LogP contribution in [0.2, 0.25) is 0 Å². The van der Waals surface area contributed by atoms with Crippen LogP contribution in [0.5, 0.6) is 0 Å². The fraction of sp³-hybridized carbons (Fsp3) is 0.733. The van der Waals surface area contributed by atoms with E-state index in [1.165, 1.54) is 17.7 Å². The zero-order valence-electron chi connectivity index (χ0n) is 12.3. The Morgan fingerprint density at radius 3 is 2.74 bits per heavy atom. The quantitative estimate of drug-likeness (QED) is 0.797. The van der Waals surface area contributed by atoms with Crippen LogP contribution in [-0.4, -0.2) is 36.2 Å². The van der Waals surface area contributed by atoms with Gasteiger partial charge in [-0.3, -0.25) is 4.90 Å². The number of ether oxygens (including phenoxy) is 1. The van der Waals surface area contributed by atoms with Crippen molar-refractivity contribution in [2.24, 2.45) is 5.73 Å². The summed E-state index contributed by atoms with van der Waals surface area (Å²) in [6, 6.07) is 5.48. The molecule has 2 rings (SSSR count). The summed E-state index contributed by atoms with van der Waals surface area (Å²) in [5, 5.41) is 2.15. The number of thiophene rings is 1. The maximum atomic E-state index is 6.04. The van der Waals surface area contributed by atoms with Crippen LogP contribution < -0.4 is 5.73 Å². The van der Waals surface area contributed by atoms with Gasteiger partial charge in [0, 0.05) is 37.2 Å². The third-order valence-corrected chi connectivity index (χ3v) is 4.82. The number of hydrogen-bond donors (Lipinski definition) is 1. The Labute approximate surface area is 120 Å². The van der Waals surface area contributed by atoms with E-state index in [1.807, 2.05) is 11.3 Å². The van der Waals surface area contributed by atoms with Gasteiger partial charge in [-0.25, -0.2) is 0 Å². The van der Waals surface area contributed by atoms with Crippen LogP contribution in [0.15, 0.2) is 17.5 Å². The largest absolute Gasteiger partial charge is 0.379 e. The molecule has 0 bridgehead atoms. The van der Waals surface area contributed by atoms with Crippen LogP contribution >= 0.6 is 11.3 Å². The Morgan fingerprint density at radius 2 is 2.26 bits per heavy atom. The van der Waals surface area contributed by atoms with Crippen molar-refractivity contribution >= 4 is 11.3 Å². The van der Waals surface area contributed by atoms with Gasteiger partial charge in [-0.2, -0.15) is 0 Å². The maximum absolute atomic E-state index is 6.04. The molecule has 1 aromatic heterocycles. The molecule has 1 aliphatic carbocycles. The first-order chi connectivity index (χ1) is 9.05. The van der Waals surface area contributed by atoms with Crippen molar-refractivity contribution in [2.75, 3.05) is 13.7 Å². The summed E-state index contributed by atoms with van der Waals surface area (Å²) in [6.45, 7) is 6.02. The van der Waals surface area contributed by atoms with Gasteiger partial charge in [-0.05, 0) is 44.6 Å². The lowest BCUT2D eigenvalue weighted by Crippen LogP contribution is -2.46. The summed E-state index contributed by atoms with van der Waals surface area (Å²) in [7, 11) is 1.79. The van der Waals surface area contributed by atoms with Gasteiger partial charge >= 0.3 is 0 Å². The van der Waals surface area contributed by atoms with Crippen molar-refractivity contribution < 1.29 is 4.74 Å². The summed E-state index contributed by atoms with van der Waals surface area (Å²) in [4.78, 5) is 4.02. The monoisotopic (exact) mass is 282 g/mol. The van der Waals surface area contributed by atoms with E-state index in [0.29, 0.717) is 12.6 Å². The smallest absolute Gasteiger partial charge is 0.0638 e. The normalized spacial score (nSPS) is 17.9. The Balaban J connectivity index is 2.03. The molecule has 0 saturated heterocycles. The number of hydrogen-bond acceptors (Lipinski definition) is 4. The van der Waals surface area contributed by atoms with Crippen LogP contribution in [0.1, 0.15) is 38.0 Å². The minimum Gasteiger partial charge on any atom is -0.379 e. The van der Waals surface area contributed by atoms with E-state index in [9.17, 15) is 0 Å². The highest BCUT2D eigenvalue weighted by Crippen LogP contribution is 2.33. The Hall–Kier alpha value is -0.420. The summed E-state index contributed by atoms with van der Waals surface area (Å²) < 4.78 is 5.58. The van der Waals surface area contributed by atoms with Crippen LogP contribution in [0, 0.1) is 0 Å². The molecule has 1 aromatic rings. The molecule has 0 aliphatic heterocycles. The van der Waals surface area contributed by atoms with Gasteiger partial charge in [-0.15, -0.1) is 11.3 Å². The van der Waals surface area contributed by atoms with E-state index >= 15 is 0 Å². The number of rotatable bonds is 8. The van der Waals surface area contributed by atoms with Crippen molar-refractivity contribution in [2.45, 2.75) is 57.3 Å². The van der Waals surface area contributed by atoms with Gasteiger partial charge in [-0.1, -0.05) is 6.07 Å². The molecule has 1 saturated carbocycles. The first-order valence-corrected chi connectivity index (χ1v) is 7.97. The molecule has 1 heterocycles. The number of nitrogens with zero attached hydrogens (tertiary/aromatic N) is 1. The molecule has 0 radical (unpaired) electrons. The molecule has 0 aromatic carbocycles. The zero-order valence-corrected chi connectivity index (χ0v) is 13.1. The van der Waals surface area contributed by atoms with Crippen molar-refractivity contribution in [3.8, 4) is 0 Å². The lowest BCUT2D eigenvalue weighted by Gasteiger charge is -2.36. The number of methoxy groups -OCH3 is 1. The first kappa shape index (κ1) is 15.0. The molecular formula is C15H26N2OS. The lowest BCUT2D eigenvalue weighted by atomic mass is 9.97. The molecule has 3 nitrogen and oxygen atoms in total. The molecule has 1 unspecified atom stereocenters. The molecular weight excluding hydrogens is 256 g/mol. The zero-order chi connectivity index (χ0) is 13.9. The maximum Gasteiger partial charge on any atom is 0.0638 e. The minimum absolute atomic E-state index is 0.105. The molecule has 1 fully saturated rings. The van der Waals surface area contributed by atoms with Gasteiger partial charge in [0.1, 0.15) is 0 Å². The third-order valence-electron chi connectivity index (χ3n) is 3.96. The van der Waals surface area contributed by atoms with Crippen LogP contribution in [0.3, 0.4) is 0 Å². The summed E-state index contributed by atoms with van der Waals surface area (Å²) in [5.74, 6) is 0. The molecule has 1 aliphatic rings. The molecule has 1 atom stereocenters. The topological polar surface area (TPSA) is 38.5 Å². The predicted octanol–water partition coefficient (Wildman–Crippen LogP) is 2.85. The molecule has 0 spiro atoms. The molecule has 4 heteroatoms. The van der Waals surface area contributed by atoms with E-state index in [4.69, 9.17) is 10.5 Å². The number of nitrogens with two attached hydrogens (primary N) is 1. The summed E-state index contributed by atoms with van der Waals surface area (Å²) >= 11 is 1.83. The standard InChI is InChI=1S/C15H26N2OS/c1-15(2,18-3)9-13(10-16)17(12-6-7-12)11-14-5-4-8-19-14/h4-5,8,12-13H,6-7,9-11,16H2,1-3H3. The van der Waals surface area contributed by atoms with Gasteiger partial charge in [0.2, 0.25) is 0 Å². The van der Waals surface area contributed by atoms with Gasteiger partial charge in [0.05, 0.1) is 5.60 Å². The Kier molecular flexibility index (Phi) is 5.01. The van der Waals surface area contributed by atoms with Crippen LogP contribution in [0.4, 0.5) is 0 Å². The second-order valence-electron chi connectivity index (χ2n) is 6.04. The van der Waals surface area contributed by atoms with E-state index in [2.05, 4.69) is 36.3 Å². The van der Waals surface area contributed by atoms with Crippen LogP contribution in [0.25, 0.3) is 0 Å². The highest BCUT2D eigenvalue weighted by atomic mass is 32.1. The van der Waals surface area contributed by atoms with Crippen molar-refractivity contribution in [1.82, 2.24) is 4.90 Å². The molecule has 19 heavy (non-hydrogen) atoms. The second-order valence-corrected chi connectivity index (χ2v) is 7.07. The molecule has 2 N–H and O–H groups in total. The summed E-state index contributed by atoms with van der Waals surface area (Å²) in [6.07, 6.45) is 3.62.